The number of hydrogen-bond donors (Lipinski definition) is 0. The number of rotatable bonds is 1. The van der Waals surface area contributed by atoms with Crippen LogP contribution in [0, 0.1) is 6.08 Å². The molecule has 4 aromatic rings. The second-order valence-corrected chi connectivity index (χ2v) is 6.50. The van der Waals surface area contributed by atoms with Crippen molar-refractivity contribution in [3.8, 4) is 0 Å². The van der Waals surface area contributed by atoms with Gasteiger partial charge in [0, 0.05) is 0 Å². The van der Waals surface area contributed by atoms with Crippen molar-refractivity contribution >= 4 is 32.3 Å². The van der Waals surface area contributed by atoms with E-state index in [0.29, 0.717) is 5.92 Å². The second kappa shape index (κ2) is 9.20. The summed E-state index contributed by atoms with van der Waals surface area (Å²) in [5, 5.41) is 7.98. The van der Waals surface area contributed by atoms with Crippen LogP contribution in [-0.2, 0) is 26.2 Å². The van der Waals surface area contributed by atoms with Crippen LogP contribution in [0.2, 0.25) is 0 Å². The first-order valence-corrected chi connectivity index (χ1v) is 8.48. The van der Waals surface area contributed by atoms with E-state index in [1.165, 1.54) is 37.9 Å². The van der Waals surface area contributed by atoms with Gasteiger partial charge in [0.1, 0.15) is 0 Å². The predicted molar refractivity (Wildman–Crippen MR) is 103 cm³/mol. The molecule has 0 fully saturated rings. The summed E-state index contributed by atoms with van der Waals surface area (Å²) in [4.78, 5) is 0. The van der Waals surface area contributed by atoms with Gasteiger partial charge in [-0.3, -0.25) is 6.08 Å². The van der Waals surface area contributed by atoms with Gasteiger partial charge in [-0.1, -0.05) is 54.6 Å². The molecule has 1 aliphatic rings. The molecule has 1 unspecified atom stereocenters. The minimum absolute atomic E-state index is 0. The summed E-state index contributed by atoms with van der Waals surface area (Å²) in [6, 6.07) is 24.4. The Morgan fingerprint density at radius 3 is 2.19 bits per heavy atom. The van der Waals surface area contributed by atoms with Crippen LogP contribution >= 0.6 is 0 Å². The summed E-state index contributed by atoms with van der Waals surface area (Å²) in [7, 11) is 0. The van der Waals surface area contributed by atoms with Gasteiger partial charge in [-0.25, -0.2) is 12.2 Å². The molecule has 0 spiro atoms. The molecule has 1 radical (unpaired) electrons. The quantitative estimate of drug-likeness (QED) is 0.218. The van der Waals surface area contributed by atoms with E-state index < -0.39 is 0 Å². The SMILES string of the molecule is [C-]1=CC=CC(c2cccc3ccc4cc5ccccc5cc4c23)C1.[Cl-].[Cl-].[Zr+3]. The summed E-state index contributed by atoms with van der Waals surface area (Å²) in [6.07, 6.45) is 10.8. The molecule has 0 N–H and O–H groups in total. The van der Waals surface area contributed by atoms with Crippen LogP contribution < -0.4 is 24.8 Å². The molecule has 131 valence electrons. The van der Waals surface area contributed by atoms with E-state index in [4.69, 9.17) is 0 Å². The Morgan fingerprint density at radius 2 is 1.44 bits per heavy atom. The molecular formula is C24H17Cl2Zr. The molecule has 0 aliphatic heterocycles. The van der Waals surface area contributed by atoms with Gasteiger partial charge < -0.3 is 24.8 Å². The Hall–Kier alpha value is -1.40. The summed E-state index contributed by atoms with van der Waals surface area (Å²) >= 11 is 0. The molecule has 4 aromatic carbocycles. The van der Waals surface area contributed by atoms with Gasteiger partial charge in [-0.2, -0.15) is 6.08 Å². The predicted octanol–water partition coefficient (Wildman–Crippen LogP) is 0.555. The number of allylic oxidation sites excluding steroid dienone is 4. The number of hydrogen-bond acceptors (Lipinski definition) is 0. The van der Waals surface area contributed by atoms with Crippen molar-refractivity contribution in [1.29, 1.82) is 0 Å². The fraction of sp³-hybridized carbons (Fsp3) is 0.0833. The Bertz CT molecular complexity index is 1150. The fourth-order valence-corrected chi connectivity index (χ4v) is 3.87. The first-order chi connectivity index (χ1) is 11.9. The summed E-state index contributed by atoms with van der Waals surface area (Å²) in [5.41, 5.74) is 1.41. The van der Waals surface area contributed by atoms with Crippen molar-refractivity contribution in [2.75, 3.05) is 0 Å². The maximum atomic E-state index is 3.36. The maximum absolute atomic E-state index is 3.36. The molecule has 0 aromatic heterocycles. The van der Waals surface area contributed by atoms with Gasteiger partial charge in [0.2, 0.25) is 0 Å². The van der Waals surface area contributed by atoms with E-state index in [1.54, 1.807) is 0 Å². The Morgan fingerprint density at radius 1 is 0.741 bits per heavy atom. The average Bonchev–Trinajstić information content (AvgIpc) is 2.66. The van der Waals surface area contributed by atoms with Crippen LogP contribution in [-0.4, -0.2) is 0 Å². The number of benzene rings is 4. The first-order valence-electron chi connectivity index (χ1n) is 8.48. The van der Waals surface area contributed by atoms with Crippen molar-refractivity contribution in [2.24, 2.45) is 0 Å². The van der Waals surface area contributed by atoms with Crippen LogP contribution in [0.25, 0.3) is 32.3 Å². The van der Waals surface area contributed by atoms with Crippen LogP contribution in [0.4, 0.5) is 0 Å². The van der Waals surface area contributed by atoms with Crippen LogP contribution in [0.5, 0.6) is 0 Å². The van der Waals surface area contributed by atoms with Gasteiger partial charge in [-0.15, -0.1) is 6.42 Å². The Labute approximate surface area is 191 Å². The zero-order valence-corrected chi connectivity index (χ0v) is 18.6. The molecule has 0 nitrogen and oxygen atoms in total. The normalized spacial score (nSPS) is 15.2. The van der Waals surface area contributed by atoms with Crippen molar-refractivity contribution in [1.82, 2.24) is 0 Å². The zero-order valence-electron chi connectivity index (χ0n) is 14.6. The number of fused-ring (bicyclic) bond motifs is 4. The minimum Gasteiger partial charge on any atom is -1.00 e. The van der Waals surface area contributed by atoms with Crippen molar-refractivity contribution in [2.45, 2.75) is 12.3 Å². The Kier molecular flexibility index (Phi) is 7.46. The van der Waals surface area contributed by atoms with Crippen LogP contribution in [0.15, 0.2) is 85.0 Å². The third kappa shape index (κ3) is 3.92. The van der Waals surface area contributed by atoms with Gasteiger partial charge in [-0.05, 0) is 55.9 Å². The van der Waals surface area contributed by atoms with Gasteiger partial charge in [0.25, 0.3) is 0 Å². The third-order valence-corrected chi connectivity index (χ3v) is 5.05. The van der Waals surface area contributed by atoms with Crippen LogP contribution in [0.1, 0.15) is 17.9 Å². The van der Waals surface area contributed by atoms with E-state index in [1.807, 2.05) is 6.08 Å². The van der Waals surface area contributed by atoms with Crippen molar-refractivity contribution in [3.05, 3.63) is 96.6 Å². The molecule has 3 heteroatoms. The molecule has 0 bridgehead atoms. The van der Waals surface area contributed by atoms with E-state index in [0.717, 1.165) is 6.42 Å². The van der Waals surface area contributed by atoms with Crippen LogP contribution in [0.3, 0.4) is 0 Å². The molecule has 0 saturated heterocycles. The summed E-state index contributed by atoms with van der Waals surface area (Å²) in [5.74, 6) is 0.413. The standard InChI is InChI=1S/C24H17.2ClH.Zr/c1-2-7-17(8-3-1)22-12-6-11-18-13-14-21-15-19-9-4-5-10-20(19)16-23(21)24(18)22;;;/h1-2,4-7,9-17H,8H2;2*1H;/q-1;;;+3/p-2. The van der Waals surface area contributed by atoms with Gasteiger partial charge >= 0.3 is 26.2 Å². The molecule has 0 heterocycles. The average molecular weight is 468 g/mol. The van der Waals surface area contributed by atoms with Crippen molar-refractivity contribution < 1.29 is 51.0 Å². The second-order valence-electron chi connectivity index (χ2n) is 6.50. The fourth-order valence-electron chi connectivity index (χ4n) is 3.87. The van der Waals surface area contributed by atoms with E-state index in [-0.39, 0.29) is 51.0 Å². The largest absolute Gasteiger partial charge is 3.00 e. The first kappa shape index (κ1) is 21.9. The zero-order chi connectivity index (χ0) is 15.9. The monoisotopic (exact) mass is 465 g/mol. The molecule has 5 rings (SSSR count). The molecule has 0 amide bonds. The molecule has 1 aliphatic carbocycles. The third-order valence-electron chi connectivity index (χ3n) is 5.05. The topological polar surface area (TPSA) is 0 Å². The molecule has 0 saturated carbocycles. The molecular weight excluding hydrogens is 450 g/mol. The van der Waals surface area contributed by atoms with E-state index >= 15 is 0 Å². The maximum Gasteiger partial charge on any atom is 3.00 e. The summed E-state index contributed by atoms with van der Waals surface area (Å²) in [6.45, 7) is 0. The van der Waals surface area contributed by atoms with Crippen molar-refractivity contribution in [3.63, 3.8) is 0 Å². The Balaban J connectivity index is 0.000000871. The summed E-state index contributed by atoms with van der Waals surface area (Å²) < 4.78 is 0. The minimum atomic E-state index is 0. The van der Waals surface area contributed by atoms with Gasteiger partial charge in [0.15, 0.2) is 0 Å². The molecule has 27 heavy (non-hydrogen) atoms. The van der Waals surface area contributed by atoms with E-state index in [9.17, 15) is 0 Å². The number of halogens is 2. The smallest absolute Gasteiger partial charge is 1.00 e. The van der Waals surface area contributed by atoms with E-state index in [2.05, 4.69) is 85.0 Å². The molecule has 1 atom stereocenters. The van der Waals surface area contributed by atoms with Gasteiger partial charge in [0.05, 0.1) is 0 Å².